The number of hydrogen-bond donors (Lipinski definition) is 1. The quantitative estimate of drug-likeness (QED) is 0.589. The molecule has 0 radical (unpaired) electrons. The maximum absolute atomic E-state index is 11.3. The van der Waals surface area contributed by atoms with E-state index in [2.05, 4.69) is 6.92 Å². The van der Waals surface area contributed by atoms with Gasteiger partial charge in [0.15, 0.2) is 0 Å². The number of thioether (sulfide) groups is 2. The molecule has 0 atom stereocenters. The van der Waals surface area contributed by atoms with E-state index in [1.807, 2.05) is 24.5 Å². The molecule has 0 spiro atoms. The summed E-state index contributed by atoms with van der Waals surface area (Å²) in [4.78, 5) is 13.0. The van der Waals surface area contributed by atoms with Crippen molar-refractivity contribution in [2.75, 3.05) is 12.0 Å². The highest BCUT2D eigenvalue weighted by Gasteiger charge is 2.14. The SMILES string of the molecule is CCCCCSc1cccc(SC)c1C(=O)O. The molecular weight excluding hydrogens is 252 g/mol. The number of unbranched alkanes of at least 4 members (excludes halogenated alkanes) is 2. The second-order valence-electron chi connectivity index (χ2n) is 3.69. The third kappa shape index (κ3) is 4.28. The van der Waals surface area contributed by atoms with Gasteiger partial charge in [0.05, 0.1) is 5.56 Å². The number of aromatic carboxylic acids is 1. The Bertz CT molecular complexity index is 378. The van der Waals surface area contributed by atoms with E-state index in [-0.39, 0.29) is 0 Å². The van der Waals surface area contributed by atoms with Crippen molar-refractivity contribution in [3.8, 4) is 0 Å². The number of carboxylic acid groups (broad SMARTS) is 1. The molecule has 0 saturated carbocycles. The predicted molar refractivity (Wildman–Crippen MR) is 75.4 cm³/mol. The van der Waals surface area contributed by atoms with Crippen LogP contribution < -0.4 is 0 Å². The molecule has 0 unspecified atom stereocenters. The van der Waals surface area contributed by atoms with Crippen molar-refractivity contribution in [3.05, 3.63) is 23.8 Å². The van der Waals surface area contributed by atoms with Crippen LogP contribution >= 0.6 is 23.5 Å². The molecule has 1 rings (SSSR count). The van der Waals surface area contributed by atoms with Gasteiger partial charge < -0.3 is 5.11 Å². The van der Waals surface area contributed by atoms with Crippen molar-refractivity contribution in [1.82, 2.24) is 0 Å². The second kappa shape index (κ2) is 7.67. The smallest absolute Gasteiger partial charge is 0.337 e. The first-order valence-corrected chi connectivity index (χ1v) is 7.94. The maximum atomic E-state index is 11.3. The van der Waals surface area contributed by atoms with Crippen molar-refractivity contribution in [1.29, 1.82) is 0 Å². The third-order valence-electron chi connectivity index (χ3n) is 2.43. The van der Waals surface area contributed by atoms with E-state index in [4.69, 9.17) is 0 Å². The average molecular weight is 270 g/mol. The largest absolute Gasteiger partial charge is 0.478 e. The maximum Gasteiger partial charge on any atom is 0.337 e. The van der Waals surface area contributed by atoms with Gasteiger partial charge >= 0.3 is 5.97 Å². The molecule has 0 aliphatic rings. The van der Waals surface area contributed by atoms with Crippen LogP contribution in [0.1, 0.15) is 36.5 Å². The summed E-state index contributed by atoms with van der Waals surface area (Å²) in [5, 5.41) is 9.25. The first-order chi connectivity index (χ1) is 8.20. The lowest BCUT2D eigenvalue weighted by molar-refractivity contribution is 0.0689. The number of rotatable bonds is 7. The van der Waals surface area contributed by atoms with Crippen molar-refractivity contribution in [2.45, 2.75) is 36.0 Å². The molecule has 0 aliphatic heterocycles. The molecule has 94 valence electrons. The minimum atomic E-state index is -0.826. The van der Waals surface area contributed by atoms with E-state index < -0.39 is 5.97 Å². The van der Waals surface area contributed by atoms with Crippen LogP contribution in [0, 0.1) is 0 Å². The van der Waals surface area contributed by atoms with E-state index >= 15 is 0 Å². The standard InChI is InChI=1S/C13H18O2S2/c1-3-4-5-9-17-11-8-6-7-10(16-2)12(11)13(14)15/h6-8H,3-5,9H2,1-2H3,(H,14,15). The zero-order valence-corrected chi connectivity index (χ0v) is 11.9. The molecule has 1 aromatic carbocycles. The van der Waals surface area contributed by atoms with E-state index in [1.165, 1.54) is 24.6 Å². The highest BCUT2D eigenvalue weighted by molar-refractivity contribution is 8.00. The summed E-state index contributed by atoms with van der Waals surface area (Å²) >= 11 is 3.14. The number of hydrogen-bond acceptors (Lipinski definition) is 3. The fraction of sp³-hybridized carbons (Fsp3) is 0.462. The lowest BCUT2D eigenvalue weighted by atomic mass is 10.2. The van der Waals surface area contributed by atoms with Crippen molar-refractivity contribution < 1.29 is 9.90 Å². The lowest BCUT2D eigenvalue weighted by Crippen LogP contribution is -2.01. The normalized spacial score (nSPS) is 10.5. The molecule has 1 N–H and O–H groups in total. The van der Waals surface area contributed by atoms with Crippen LogP contribution in [0.15, 0.2) is 28.0 Å². The Morgan fingerprint density at radius 1 is 1.29 bits per heavy atom. The van der Waals surface area contributed by atoms with Crippen LogP contribution in [-0.2, 0) is 0 Å². The molecular formula is C13H18O2S2. The fourth-order valence-electron chi connectivity index (χ4n) is 1.55. The molecule has 1 aromatic rings. The van der Waals surface area contributed by atoms with E-state index in [9.17, 15) is 9.90 Å². The Morgan fingerprint density at radius 2 is 2.00 bits per heavy atom. The number of carboxylic acids is 1. The second-order valence-corrected chi connectivity index (χ2v) is 5.68. The molecule has 4 heteroatoms. The number of carbonyl (C=O) groups is 1. The molecule has 17 heavy (non-hydrogen) atoms. The van der Waals surface area contributed by atoms with E-state index in [1.54, 1.807) is 11.8 Å². The van der Waals surface area contributed by atoms with Crippen LogP contribution in [0.4, 0.5) is 0 Å². The van der Waals surface area contributed by atoms with Gasteiger partial charge in [-0.15, -0.1) is 23.5 Å². The molecule has 0 aliphatic carbocycles. The van der Waals surface area contributed by atoms with Gasteiger partial charge in [0.2, 0.25) is 0 Å². The van der Waals surface area contributed by atoms with Gasteiger partial charge in [0.1, 0.15) is 0 Å². The summed E-state index contributed by atoms with van der Waals surface area (Å²) < 4.78 is 0. The van der Waals surface area contributed by atoms with Gasteiger partial charge in [-0.05, 0) is 30.6 Å². The molecule has 0 bridgehead atoms. The minimum absolute atomic E-state index is 0.460. The average Bonchev–Trinajstić information content (AvgIpc) is 2.33. The Morgan fingerprint density at radius 3 is 2.59 bits per heavy atom. The van der Waals surface area contributed by atoms with Gasteiger partial charge in [0, 0.05) is 9.79 Å². The van der Waals surface area contributed by atoms with Gasteiger partial charge in [0.25, 0.3) is 0 Å². The molecule has 0 saturated heterocycles. The van der Waals surface area contributed by atoms with Crippen molar-refractivity contribution in [2.24, 2.45) is 0 Å². The van der Waals surface area contributed by atoms with Crippen LogP contribution in [-0.4, -0.2) is 23.1 Å². The zero-order valence-electron chi connectivity index (χ0n) is 10.2. The van der Waals surface area contributed by atoms with Gasteiger partial charge in [-0.25, -0.2) is 4.79 Å². The highest BCUT2D eigenvalue weighted by Crippen LogP contribution is 2.30. The molecule has 0 aromatic heterocycles. The first kappa shape index (κ1) is 14.5. The fourth-order valence-corrected chi connectivity index (χ4v) is 3.31. The van der Waals surface area contributed by atoms with Crippen LogP contribution in [0.5, 0.6) is 0 Å². The lowest BCUT2D eigenvalue weighted by Gasteiger charge is -2.09. The topological polar surface area (TPSA) is 37.3 Å². The van der Waals surface area contributed by atoms with Crippen molar-refractivity contribution >= 4 is 29.5 Å². The van der Waals surface area contributed by atoms with Crippen LogP contribution in [0.2, 0.25) is 0 Å². The Hall–Kier alpha value is -0.610. The summed E-state index contributed by atoms with van der Waals surface area (Å²) in [6.45, 7) is 2.17. The summed E-state index contributed by atoms with van der Waals surface area (Å²) in [6, 6.07) is 5.70. The Balaban J connectivity index is 2.79. The van der Waals surface area contributed by atoms with Crippen molar-refractivity contribution in [3.63, 3.8) is 0 Å². The molecule has 0 fully saturated rings. The Labute approximate surface area is 111 Å². The predicted octanol–water partition coefficient (Wildman–Crippen LogP) is 4.39. The van der Waals surface area contributed by atoms with E-state index in [0.29, 0.717) is 5.56 Å². The minimum Gasteiger partial charge on any atom is -0.478 e. The number of benzene rings is 1. The summed E-state index contributed by atoms with van der Waals surface area (Å²) in [5.41, 5.74) is 0.460. The summed E-state index contributed by atoms with van der Waals surface area (Å²) in [6.07, 6.45) is 5.45. The molecule has 0 amide bonds. The molecule has 0 heterocycles. The highest BCUT2D eigenvalue weighted by atomic mass is 32.2. The monoisotopic (exact) mass is 270 g/mol. The Kier molecular flexibility index (Phi) is 6.52. The van der Waals surface area contributed by atoms with Gasteiger partial charge in [-0.3, -0.25) is 0 Å². The molecule has 2 nitrogen and oxygen atoms in total. The van der Waals surface area contributed by atoms with E-state index in [0.717, 1.165) is 22.0 Å². The van der Waals surface area contributed by atoms with Crippen LogP contribution in [0.25, 0.3) is 0 Å². The third-order valence-corrected chi connectivity index (χ3v) is 4.35. The van der Waals surface area contributed by atoms with Gasteiger partial charge in [-0.1, -0.05) is 25.8 Å². The van der Waals surface area contributed by atoms with Gasteiger partial charge in [-0.2, -0.15) is 0 Å². The zero-order chi connectivity index (χ0) is 12.7. The van der Waals surface area contributed by atoms with Crippen LogP contribution in [0.3, 0.4) is 0 Å². The summed E-state index contributed by atoms with van der Waals surface area (Å²) in [5.74, 6) is 0.166. The summed E-state index contributed by atoms with van der Waals surface area (Å²) in [7, 11) is 0. The first-order valence-electron chi connectivity index (χ1n) is 5.73.